The number of aryl methyl sites for hydroxylation is 1. The number of benzene rings is 2. The smallest absolute Gasteiger partial charge is 0.0921 e. The molecule has 5 aromatic rings. The molecule has 3 N–H and O–H groups in total. The Morgan fingerprint density at radius 1 is 0.507 bits per heavy atom. The number of nitrogens with zero attached hydrogens (tertiary/aromatic N) is 8. The number of allylic oxidation sites excluding steroid dienone is 2. The van der Waals surface area contributed by atoms with Crippen molar-refractivity contribution in [1.29, 1.82) is 0 Å². The van der Waals surface area contributed by atoms with Crippen LogP contribution in [0.5, 0.6) is 0 Å². The summed E-state index contributed by atoms with van der Waals surface area (Å²) in [5.41, 5.74) is 7.29. The minimum atomic E-state index is 0. The average Bonchev–Trinajstić information content (AvgIpc) is 4.18. The highest BCUT2D eigenvalue weighted by Gasteiger charge is 2.28. The molecule has 11 nitrogen and oxygen atoms in total. The second-order valence-corrected chi connectivity index (χ2v) is 21.3. The minimum Gasteiger partial charge on any atom is -0.348 e. The highest BCUT2D eigenvalue weighted by Crippen LogP contribution is 2.31. The number of aliphatic imine (C=N–C) groups is 1. The molecule has 3 aliphatic rings. The third kappa shape index (κ3) is 22.5. The maximum atomic E-state index is 6.16. The second-order valence-electron chi connectivity index (χ2n) is 20.4. The van der Waals surface area contributed by atoms with Gasteiger partial charge in [-0.3, -0.25) is 24.8 Å². The Morgan fingerprint density at radius 2 is 0.960 bits per heavy atom. The summed E-state index contributed by atoms with van der Waals surface area (Å²) in [6, 6.07) is 29.4. The fourth-order valence-corrected chi connectivity index (χ4v) is 10.8. The summed E-state index contributed by atoms with van der Waals surface area (Å²) in [5, 5.41) is 8.77. The Labute approximate surface area is 467 Å². The van der Waals surface area contributed by atoms with Crippen LogP contribution in [0.15, 0.2) is 127 Å². The Balaban J connectivity index is 0.000000241. The number of nitrogens with one attached hydrogen (secondary N) is 3. The molecule has 2 atom stereocenters. The first-order chi connectivity index (χ1) is 36.6. The van der Waals surface area contributed by atoms with Crippen molar-refractivity contribution in [2.75, 3.05) is 91.6 Å². The molecule has 2 fully saturated rings. The minimum absolute atomic E-state index is 0. The molecular formula is C61H88Cl3N11. The summed E-state index contributed by atoms with van der Waals surface area (Å²) < 4.78 is 0. The van der Waals surface area contributed by atoms with E-state index < -0.39 is 0 Å². The van der Waals surface area contributed by atoms with Crippen LogP contribution in [0.4, 0.5) is 0 Å². The molecular weight excluding hydrogens is 993 g/mol. The maximum Gasteiger partial charge on any atom is 0.0921 e. The van der Waals surface area contributed by atoms with Crippen LogP contribution in [0.2, 0.25) is 10.0 Å². The number of H-pyrrole nitrogens is 1. The van der Waals surface area contributed by atoms with E-state index in [0.717, 1.165) is 119 Å². The Hall–Kier alpha value is -4.01. The van der Waals surface area contributed by atoms with E-state index in [0.29, 0.717) is 0 Å². The Kier molecular flexibility index (Phi) is 29.0. The molecule has 0 amide bonds. The lowest BCUT2D eigenvalue weighted by atomic mass is 10.0. The topological polar surface area (TPSA) is 104 Å². The van der Waals surface area contributed by atoms with Gasteiger partial charge in [0.25, 0.3) is 0 Å². The van der Waals surface area contributed by atoms with Crippen molar-refractivity contribution in [1.82, 2.24) is 50.2 Å². The van der Waals surface area contributed by atoms with Crippen LogP contribution in [0, 0.1) is 0 Å². The van der Waals surface area contributed by atoms with E-state index in [1.165, 1.54) is 125 Å². The van der Waals surface area contributed by atoms with E-state index in [2.05, 4.69) is 99.8 Å². The zero-order valence-corrected chi connectivity index (χ0v) is 47.2. The number of pyridine rings is 2. The quantitative estimate of drug-likeness (QED) is 0.0363. The number of unbranched alkanes of at least 4 members (excludes halogenated alkanes) is 10. The summed E-state index contributed by atoms with van der Waals surface area (Å²) in [6.07, 6.45) is 33.2. The van der Waals surface area contributed by atoms with Crippen LogP contribution in [0.1, 0.15) is 143 Å². The van der Waals surface area contributed by atoms with Crippen molar-refractivity contribution in [3.63, 3.8) is 0 Å². The van der Waals surface area contributed by atoms with Crippen LogP contribution >= 0.6 is 35.6 Å². The first kappa shape index (κ1) is 60.2. The van der Waals surface area contributed by atoms with Gasteiger partial charge in [0.2, 0.25) is 0 Å². The number of aromatic amines is 1. The van der Waals surface area contributed by atoms with Gasteiger partial charge in [-0.1, -0.05) is 104 Å². The monoisotopic (exact) mass is 1080 g/mol. The van der Waals surface area contributed by atoms with E-state index in [-0.39, 0.29) is 24.5 Å². The van der Waals surface area contributed by atoms with Crippen LogP contribution in [-0.4, -0.2) is 137 Å². The van der Waals surface area contributed by atoms with Gasteiger partial charge in [0.15, 0.2) is 0 Å². The predicted molar refractivity (Wildman–Crippen MR) is 317 cm³/mol. The molecule has 0 saturated carbocycles. The van der Waals surface area contributed by atoms with Crippen LogP contribution < -0.4 is 10.6 Å². The van der Waals surface area contributed by atoms with Crippen molar-refractivity contribution in [3.8, 4) is 0 Å². The molecule has 408 valence electrons. The molecule has 2 saturated heterocycles. The number of aromatic nitrogens is 4. The molecule has 0 bridgehead atoms. The third-order valence-electron chi connectivity index (χ3n) is 14.9. The molecule has 0 spiro atoms. The van der Waals surface area contributed by atoms with Gasteiger partial charge in [-0.15, -0.1) is 12.4 Å². The summed E-state index contributed by atoms with van der Waals surface area (Å²) >= 11 is 12.3. The van der Waals surface area contributed by atoms with Crippen LogP contribution in [-0.2, 0) is 6.42 Å². The predicted octanol–water partition coefficient (Wildman–Crippen LogP) is 12.7. The maximum absolute atomic E-state index is 6.16. The van der Waals surface area contributed by atoms with Gasteiger partial charge in [0, 0.05) is 105 Å². The van der Waals surface area contributed by atoms with Crippen molar-refractivity contribution in [3.05, 3.63) is 160 Å². The van der Waals surface area contributed by atoms with Gasteiger partial charge < -0.3 is 25.4 Å². The van der Waals surface area contributed by atoms with Crippen molar-refractivity contribution < 1.29 is 0 Å². The molecule has 0 radical (unpaired) electrons. The molecule has 14 heteroatoms. The largest absolute Gasteiger partial charge is 0.348 e. The molecule has 75 heavy (non-hydrogen) atoms. The number of imidazole rings is 1. The fraction of sp³-hybridized carbons (Fsp3) is 0.541. The van der Waals surface area contributed by atoms with Crippen LogP contribution in [0.3, 0.4) is 0 Å². The van der Waals surface area contributed by atoms with Crippen molar-refractivity contribution in [2.45, 2.75) is 121 Å². The molecule has 3 aliphatic heterocycles. The third-order valence-corrected chi connectivity index (χ3v) is 15.4. The van der Waals surface area contributed by atoms with Gasteiger partial charge in [-0.25, -0.2) is 4.98 Å². The summed E-state index contributed by atoms with van der Waals surface area (Å²) in [7, 11) is 0. The molecule has 6 heterocycles. The van der Waals surface area contributed by atoms with Gasteiger partial charge in [0.05, 0.1) is 29.8 Å². The van der Waals surface area contributed by atoms with Crippen LogP contribution in [0.25, 0.3) is 0 Å². The SMILES string of the molecule is Cl.Clc1ccc(C(c2ccccn2)N2CCN(CCCCCCCNCCCCC3=CCC=N3)CC2)cc1.Clc1ccc(C(c2ccccn2)N2CCN(CCCCCCCNCCCCc3cnc[nH]3)CC2)cc1. The zero-order chi connectivity index (χ0) is 51.1. The number of piperazine rings is 2. The van der Waals surface area contributed by atoms with E-state index in [4.69, 9.17) is 33.2 Å². The number of hydrogen-bond donors (Lipinski definition) is 3. The lowest BCUT2D eigenvalue weighted by Gasteiger charge is -2.39. The Bertz CT molecular complexity index is 2250. The summed E-state index contributed by atoms with van der Waals surface area (Å²) in [6.45, 7) is 15.8. The van der Waals surface area contributed by atoms with Gasteiger partial charge in [-0.2, -0.15) is 0 Å². The Morgan fingerprint density at radius 3 is 1.39 bits per heavy atom. The standard InChI is InChI=1S/C31H44ClN5.C30H43ClN6.ClH/c32-28-16-14-27(15-17-28)31(30-13-5-8-20-35-30)37-25-23-36(24-26-37)22-9-3-1-2-6-18-33-19-7-4-11-29-12-10-21-34-29;31-27-14-12-26(13-15-27)30(29-11-5-8-18-34-29)37-22-20-36(21-23-37)19-9-3-1-2-6-16-32-17-7-4-10-28-24-33-25-35-28;/h5,8,12-17,20-21,31,33H,1-4,6-7,9-11,18-19,22-26H2;5,8,11-15,18,24-25,30,32H,1-4,6-7,9-10,16-17,19-23H2,(H,33,35);1H. The molecule has 8 rings (SSSR count). The number of halogens is 3. The molecule has 0 aliphatic carbocycles. The van der Waals surface area contributed by atoms with Gasteiger partial charge in [0.1, 0.15) is 0 Å². The van der Waals surface area contributed by atoms with Gasteiger partial charge >= 0.3 is 0 Å². The average molecular weight is 1080 g/mol. The lowest BCUT2D eigenvalue weighted by molar-refractivity contribution is 0.107. The van der Waals surface area contributed by atoms with E-state index >= 15 is 0 Å². The highest BCUT2D eigenvalue weighted by molar-refractivity contribution is 6.30. The first-order valence-electron chi connectivity index (χ1n) is 28.4. The molecule has 2 unspecified atom stereocenters. The number of hydrogen-bond acceptors (Lipinski definition) is 10. The number of rotatable bonds is 32. The van der Waals surface area contributed by atoms with Crippen molar-refractivity contribution >= 4 is 41.8 Å². The summed E-state index contributed by atoms with van der Waals surface area (Å²) in [5.74, 6) is 0. The molecule has 2 aromatic carbocycles. The lowest BCUT2D eigenvalue weighted by Crippen LogP contribution is -2.48. The van der Waals surface area contributed by atoms with E-state index in [1.807, 2.05) is 61.2 Å². The zero-order valence-electron chi connectivity index (χ0n) is 44.9. The normalized spacial score (nSPS) is 16.3. The van der Waals surface area contributed by atoms with Crippen molar-refractivity contribution in [2.24, 2.45) is 4.99 Å². The van der Waals surface area contributed by atoms with E-state index in [9.17, 15) is 0 Å². The second kappa shape index (κ2) is 36.2. The molecule has 3 aromatic heterocycles. The summed E-state index contributed by atoms with van der Waals surface area (Å²) in [4.78, 5) is 31.5. The van der Waals surface area contributed by atoms with E-state index in [1.54, 1.807) is 6.33 Å². The fourth-order valence-electron chi connectivity index (χ4n) is 10.6. The first-order valence-corrected chi connectivity index (χ1v) is 29.2. The van der Waals surface area contributed by atoms with Gasteiger partial charge in [-0.05, 0) is 163 Å². The highest BCUT2D eigenvalue weighted by atomic mass is 35.5.